The highest BCUT2D eigenvalue weighted by Gasteiger charge is 2.50. The van der Waals surface area contributed by atoms with Gasteiger partial charge in [0, 0.05) is 19.3 Å². The van der Waals surface area contributed by atoms with Gasteiger partial charge in [0.1, 0.15) is 18.8 Å². The topological polar surface area (TPSA) is 175 Å². The molecule has 1 saturated heterocycles. The van der Waals surface area contributed by atoms with Crippen molar-refractivity contribution in [2.24, 2.45) is 0 Å². The van der Waals surface area contributed by atoms with E-state index in [-0.39, 0.29) is 25.9 Å². The number of unbranched alkanes of at least 4 members (excludes halogenated alkanes) is 10. The van der Waals surface area contributed by atoms with Crippen LogP contribution in [0, 0.1) is 0 Å². The van der Waals surface area contributed by atoms with E-state index in [1.165, 1.54) is 19.3 Å². The monoisotopic (exact) mass is 1020 g/mol. The summed E-state index contributed by atoms with van der Waals surface area (Å²) in [5.41, 5.74) is 0. The number of hydrogen-bond acceptors (Lipinski definition) is 11. The summed E-state index contributed by atoms with van der Waals surface area (Å²) in [6.07, 6.45) is 53.4. The Hall–Kier alpha value is -4.88. The van der Waals surface area contributed by atoms with Crippen LogP contribution < -0.4 is 0 Å². The zero-order valence-electron chi connectivity index (χ0n) is 44.8. The Morgan fingerprint density at radius 2 is 0.890 bits per heavy atom. The Labute approximate surface area is 439 Å². The number of carboxylic acid groups (broad SMARTS) is 1. The molecule has 73 heavy (non-hydrogen) atoms. The molecule has 6 unspecified atom stereocenters. The molecule has 6 atom stereocenters. The minimum absolute atomic E-state index is 0.00785. The summed E-state index contributed by atoms with van der Waals surface area (Å²) in [6.45, 7) is 5.61. The second-order valence-corrected chi connectivity index (χ2v) is 18.1. The number of aliphatic hydroxyl groups excluding tert-OH is 2. The van der Waals surface area contributed by atoms with E-state index in [4.69, 9.17) is 23.7 Å². The van der Waals surface area contributed by atoms with Gasteiger partial charge in [-0.2, -0.15) is 0 Å². The highest BCUT2D eigenvalue weighted by molar-refractivity contribution is 5.74. The van der Waals surface area contributed by atoms with Crippen molar-refractivity contribution in [2.45, 2.75) is 225 Å². The molecule has 0 aliphatic carbocycles. The zero-order chi connectivity index (χ0) is 53.3. The van der Waals surface area contributed by atoms with Gasteiger partial charge in [-0.1, -0.05) is 174 Å². The largest absolute Gasteiger partial charge is 0.479 e. The number of esters is 3. The van der Waals surface area contributed by atoms with E-state index in [0.717, 1.165) is 96.3 Å². The van der Waals surface area contributed by atoms with Crippen molar-refractivity contribution >= 4 is 23.9 Å². The van der Waals surface area contributed by atoms with Crippen LogP contribution in [0.1, 0.15) is 188 Å². The highest BCUT2D eigenvalue weighted by Crippen LogP contribution is 2.26. The summed E-state index contributed by atoms with van der Waals surface area (Å²) in [5, 5.41) is 31.4. The summed E-state index contributed by atoms with van der Waals surface area (Å²) >= 11 is 0. The summed E-state index contributed by atoms with van der Waals surface area (Å²) in [5.74, 6) is -3.33. The van der Waals surface area contributed by atoms with Crippen molar-refractivity contribution in [3.8, 4) is 0 Å². The van der Waals surface area contributed by atoms with E-state index < -0.39 is 67.3 Å². The van der Waals surface area contributed by atoms with E-state index in [1.807, 2.05) is 12.2 Å². The molecule has 0 bridgehead atoms. The van der Waals surface area contributed by atoms with Crippen molar-refractivity contribution in [3.63, 3.8) is 0 Å². The lowest BCUT2D eigenvalue weighted by molar-refractivity contribution is -0.301. The molecule has 12 heteroatoms. The minimum Gasteiger partial charge on any atom is -0.479 e. The number of hydrogen-bond donors (Lipinski definition) is 3. The third-order valence-corrected chi connectivity index (χ3v) is 11.5. The molecule has 1 fully saturated rings. The molecule has 3 N–H and O–H groups in total. The van der Waals surface area contributed by atoms with Gasteiger partial charge in [0.05, 0.1) is 6.61 Å². The van der Waals surface area contributed by atoms with Gasteiger partial charge in [0.2, 0.25) is 0 Å². The predicted octanol–water partition coefficient (Wildman–Crippen LogP) is 13.7. The van der Waals surface area contributed by atoms with E-state index >= 15 is 0 Å². The van der Waals surface area contributed by atoms with E-state index in [2.05, 4.69) is 130 Å². The van der Waals surface area contributed by atoms with Gasteiger partial charge in [-0.05, 0) is 116 Å². The van der Waals surface area contributed by atoms with E-state index in [0.29, 0.717) is 32.1 Å². The lowest BCUT2D eigenvalue weighted by Crippen LogP contribution is -2.61. The molecular weight excluding hydrogens is 925 g/mol. The van der Waals surface area contributed by atoms with E-state index in [1.54, 1.807) is 0 Å². The van der Waals surface area contributed by atoms with Crippen LogP contribution in [0.25, 0.3) is 0 Å². The molecule has 1 aliphatic rings. The van der Waals surface area contributed by atoms with Crippen LogP contribution in [0.3, 0.4) is 0 Å². The Bertz CT molecular complexity index is 1730. The average molecular weight is 1020 g/mol. The van der Waals surface area contributed by atoms with Crippen molar-refractivity contribution in [1.29, 1.82) is 0 Å². The number of aliphatic carboxylic acids is 1. The maximum Gasteiger partial charge on any atom is 0.335 e. The van der Waals surface area contributed by atoms with Crippen LogP contribution >= 0.6 is 0 Å². The number of carbonyl (C=O) groups excluding carboxylic acids is 3. The molecule has 0 aromatic carbocycles. The second-order valence-electron chi connectivity index (χ2n) is 18.1. The number of aliphatic hydroxyl groups is 2. The number of ether oxygens (including phenoxy) is 5. The standard InChI is InChI=1S/C61H94O12/c1-4-7-10-13-16-19-22-25-27-30-32-35-38-41-44-47-53(62)69-50-52(71-54(63)48-45-42-39-36-33-29-24-21-18-15-12-9-6-3)51-70-61-59(57(66)56(65)58(73-61)60(67)68)72-55(64)49-46-43-40-37-34-31-28-26-23-20-17-14-11-8-5-2/h8-9,11-12,16-21,25-29,33-34,37,39,42,52,56-59,61,65-66H,4-7,10,13-15,22-24,30-32,35-36,38,40-41,43-51H2,1-3H3,(H,67,68)/b11-8-,12-9-,19-16-,20-17-,21-18-,27-25-,28-26-,33-29-,37-34-,42-39-. The van der Waals surface area contributed by atoms with Crippen molar-refractivity contribution in [3.05, 3.63) is 122 Å². The summed E-state index contributed by atoms with van der Waals surface area (Å²) in [7, 11) is 0. The third-order valence-electron chi connectivity index (χ3n) is 11.5. The van der Waals surface area contributed by atoms with E-state index in [9.17, 15) is 34.5 Å². The molecule has 0 amide bonds. The molecule has 0 saturated carbocycles. The first-order valence-electron chi connectivity index (χ1n) is 27.5. The number of carboxylic acids is 1. The molecule has 1 aliphatic heterocycles. The zero-order valence-corrected chi connectivity index (χ0v) is 44.8. The first-order chi connectivity index (χ1) is 35.6. The normalized spacial score (nSPS) is 19.3. The molecule has 410 valence electrons. The lowest BCUT2D eigenvalue weighted by Gasteiger charge is -2.40. The fourth-order valence-electron chi connectivity index (χ4n) is 7.34. The van der Waals surface area contributed by atoms with Crippen molar-refractivity contribution in [1.82, 2.24) is 0 Å². The van der Waals surface area contributed by atoms with Crippen LogP contribution in [0.2, 0.25) is 0 Å². The van der Waals surface area contributed by atoms with Gasteiger partial charge in [-0.3, -0.25) is 14.4 Å². The van der Waals surface area contributed by atoms with Crippen LogP contribution in [0.4, 0.5) is 0 Å². The van der Waals surface area contributed by atoms with Gasteiger partial charge in [0.15, 0.2) is 24.6 Å². The highest BCUT2D eigenvalue weighted by atomic mass is 16.7. The van der Waals surface area contributed by atoms with Crippen LogP contribution in [-0.2, 0) is 42.9 Å². The van der Waals surface area contributed by atoms with Crippen LogP contribution in [0.15, 0.2) is 122 Å². The minimum atomic E-state index is -1.93. The van der Waals surface area contributed by atoms with Crippen molar-refractivity contribution < 1.29 is 58.2 Å². The molecule has 0 aromatic rings. The van der Waals surface area contributed by atoms with Gasteiger partial charge in [0.25, 0.3) is 0 Å². The summed E-state index contributed by atoms with van der Waals surface area (Å²) < 4.78 is 28.2. The first kappa shape index (κ1) is 66.1. The quantitative estimate of drug-likeness (QED) is 0.0228. The summed E-state index contributed by atoms with van der Waals surface area (Å²) in [4.78, 5) is 50.9. The number of carbonyl (C=O) groups is 4. The Kier molecular flexibility index (Phi) is 43.6. The van der Waals surface area contributed by atoms with Gasteiger partial charge in [-0.15, -0.1) is 0 Å². The lowest BCUT2D eigenvalue weighted by atomic mass is 9.98. The molecule has 0 radical (unpaired) electrons. The molecule has 1 heterocycles. The second kappa shape index (κ2) is 48.1. The Morgan fingerprint density at radius 1 is 0.466 bits per heavy atom. The third kappa shape index (κ3) is 38.4. The van der Waals surface area contributed by atoms with Crippen LogP contribution in [0.5, 0.6) is 0 Å². The number of rotatable bonds is 44. The summed E-state index contributed by atoms with van der Waals surface area (Å²) in [6, 6.07) is 0. The molecule has 0 spiro atoms. The molecule has 12 nitrogen and oxygen atoms in total. The SMILES string of the molecule is CC/C=C\C/C=C\C/C=C\C/C=C\CCCCC(=O)OC1C(OCC(COC(=O)CCCCCCC/C=C\C/C=C\CCCCC)OC(=O)CC/C=C\C/C=C\C/C=C\C/C=C\CC)OC(C(=O)O)C(O)C1O. The first-order valence-corrected chi connectivity index (χ1v) is 27.5. The van der Waals surface area contributed by atoms with Gasteiger partial charge in [-0.25, -0.2) is 4.79 Å². The maximum absolute atomic E-state index is 13.1. The average Bonchev–Trinajstić information content (AvgIpc) is 3.37. The molecule has 0 aromatic heterocycles. The van der Waals surface area contributed by atoms with Gasteiger partial charge < -0.3 is 39.0 Å². The fourth-order valence-corrected chi connectivity index (χ4v) is 7.34. The Balaban J connectivity index is 2.80. The fraction of sp³-hybridized carbons (Fsp3) is 0.607. The smallest absolute Gasteiger partial charge is 0.335 e. The number of allylic oxidation sites excluding steroid dienone is 20. The molecule has 1 rings (SSSR count). The predicted molar refractivity (Wildman–Crippen MR) is 293 cm³/mol. The Morgan fingerprint density at radius 3 is 1.40 bits per heavy atom. The maximum atomic E-state index is 13.1. The van der Waals surface area contributed by atoms with Crippen molar-refractivity contribution in [2.75, 3.05) is 13.2 Å². The van der Waals surface area contributed by atoms with Gasteiger partial charge >= 0.3 is 23.9 Å². The van der Waals surface area contributed by atoms with Crippen LogP contribution in [-0.4, -0.2) is 89.2 Å². The molecular formula is C61H94O12.